The van der Waals surface area contributed by atoms with E-state index in [2.05, 4.69) is 5.10 Å². The van der Waals surface area contributed by atoms with Gasteiger partial charge in [-0.15, -0.1) is 0 Å². The van der Waals surface area contributed by atoms with Crippen LogP contribution in [0.2, 0.25) is 0 Å². The number of nitro groups is 1. The monoisotopic (exact) mass is 247 g/mol. The van der Waals surface area contributed by atoms with Gasteiger partial charge in [-0.3, -0.25) is 14.8 Å². The van der Waals surface area contributed by atoms with Gasteiger partial charge in [0.2, 0.25) is 0 Å². The lowest BCUT2D eigenvalue weighted by Crippen LogP contribution is -2.20. The van der Waals surface area contributed by atoms with Gasteiger partial charge in [-0.05, 0) is 18.9 Å². The standard InChI is InChI=1S/C12H13N3O3/c16-15(17)11-1-2-12-9(7-11)8-13-14(12)10-3-5-18-6-4-10/h1-2,7-8,10H,3-6H2. The molecule has 1 aromatic heterocycles. The molecule has 0 N–H and O–H groups in total. The van der Waals surface area contributed by atoms with Gasteiger partial charge >= 0.3 is 0 Å². The van der Waals surface area contributed by atoms with Crippen molar-refractivity contribution in [3.8, 4) is 0 Å². The first-order chi connectivity index (χ1) is 8.75. The van der Waals surface area contributed by atoms with E-state index in [-0.39, 0.29) is 10.6 Å². The molecule has 3 rings (SSSR count). The van der Waals surface area contributed by atoms with E-state index < -0.39 is 0 Å². The van der Waals surface area contributed by atoms with Crippen molar-refractivity contribution in [1.82, 2.24) is 9.78 Å². The Bertz CT molecular complexity index is 587. The smallest absolute Gasteiger partial charge is 0.270 e. The number of nitrogens with zero attached hydrogens (tertiary/aromatic N) is 3. The normalized spacial score (nSPS) is 17.1. The van der Waals surface area contributed by atoms with Crippen LogP contribution >= 0.6 is 0 Å². The fourth-order valence-electron chi connectivity index (χ4n) is 2.37. The van der Waals surface area contributed by atoms with E-state index >= 15 is 0 Å². The molecule has 0 atom stereocenters. The number of ether oxygens (including phenoxy) is 1. The summed E-state index contributed by atoms with van der Waals surface area (Å²) in [4.78, 5) is 10.3. The van der Waals surface area contributed by atoms with Gasteiger partial charge in [0.1, 0.15) is 0 Å². The lowest BCUT2D eigenvalue weighted by atomic mass is 10.1. The van der Waals surface area contributed by atoms with Crippen molar-refractivity contribution in [2.75, 3.05) is 13.2 Å². The third-order valence-corrected chi connectivity index (χ3v) is 3.33. The third-order valence-electron chi connectivity index (χ3n) is 3.33. The van der Waals surface area contributed by atoms with Gasteiger partial charge in [-0.2, -0.15) is 5.10 Å². The molecule has 6 heteroatoms. The fourth-order valence-corrected chi connectivity index (χ4v) is 2.37. The number of fused-ring (bicyclic) bond motifs is 1. The van der Waals surface area contributed by atoms with Crippen LogP contribution in [0.5, 0.6) is 0 Å². The van der Waals surface area contributed by atoms with Crippen LogP contribution in [-0.2, 0) is 4.74 Å². The number of nitro benzene ring substituents is 1. The molecule has 0 amide bonds. The maximum atomic E-state index is 10.7. The van der Waals surface area contributed by atoms with E-state index in [0.717, 1.165) is 37.0 Å². The van der Waals surface area contributed by atoms with E-state index in [9.17, 15) is 10.1 Å². The Morgan fingerprint density at radius 3 is 2.89 bits per heavy atom. The minimum atomic E-state index is -0.384. The first-order valence-corrected chi connectivity index (χ1v) is 5.95. The van der Waals surface area contributed by atoms with Crippen molar-refractivity contribution >= 4 is 16.6 Å². The summed E-state index contributed by atoms with van der Waals surface area (Å²) in [6, 6.07) is 5.20. The molecule has 0 aliphatic carbocycles. The summed E-state index contributed by atoms with van der Waals surface area (Å²) in [6.45, 7) is 1.50. The largest absolute Gasteiger partial charge is 0.381 e. The Labute approximate surface area is 103 Å². The summed E-state index contributed by atoms with van der Waals surface area (Å²) in [5, 5.41) is 15.9. The minimum absolute atomic E-state index is 0.106. The Balaban J connectivity index is 2.01. The van der Waals surface area contributed by atoms with Gasteiger partial charge in [0, 0.05) is 30.7 Å². The van der Waals surface area contributed by atoms with Crippen LogP contribution in [0.25, 0.3) is 10.9 Å². The zero-order valence-electron chi connectivity index (χ0n) is 9.78. The molecule has 0 bridgehead atoms. The molecule has 1 fully saturated rings. The van der Waals surface area contributed by atoms with Crippen molar-refractivity contribution in [3.05, 3.63) is 34.5 Å². The molecule has 2 aromatic rings. The summed E-state index contributed by atoms with van der Waals surface area (Å²) >= 11 is 0. The summed E-state index contributed by atoms with van der Waals surface area (Å²) in [6.07, 6.45) is 3.57. The number of rotatable bonds is 2. The Morgan fingerprint density at radius 1 is 1.39 bits per heavy atom. The van der Waals surface area contributed by atoms with Crippen LogP contribution < -0.4 is 0 Å². The van der Waals surface area contributed by atoms with Gasteiger partial charge in [0.25, 0.3) is 5.69 Å². The predicted octanol–water partition coefficient (Wildman–Crippen LogP) is 2.30. The summed E-state index contributed by atoms with van der Waals surface area (Å²) in [7, 11) is 0. The molecular formula is C12H13N3O3. The zero-order chi connectivity index (χ0) is 12.5. The molecule has 0 radical (unpaired) electrons. The molecule has 0 saturated carbocycles. The Hall–Kier alpha value is -1.95. The van der Waals surface area contributed by atoms with Crippen LogP contribution in [0.4, 0.5) is 5.69 Å². The second-order valence-corrected chi connectivity index (χ2v) is 4.43. The van der Waals surface area contributed by atoms with Gasteiger partial charge < -0.3 is 4.74 Å². The van der Waals surface area contributed by atoms with Crippen LogP contribution in [-0.4, -0.2) is 27.9 Å². The van der Waals surface area contributed by atoms with E-state index in [0.29, 0.717) is 6.04 Å². The lowest BCUT2D eigenvalue weighted by Gasteiger charge is -2.23. The van der Waals surface area contributed by atoms with E-state index in [1.165, 1.54) is 6.07 Å². The second kappa shape index (κ2) is 4.38. The van der Waals surface area contributed by atoms with Gasteiger partial charge in [0.15, 0.2) is 0 Å². The molecule has 94 valence electrons. The van der Waals surface area contributed by atoms with Crippen molar-refractivity contribution in [3.63, 3.8) is 0 Å². The van der Waals surface area contributed by atoms with E-state index in [1.54, 1.807) is 18.3 Å². The molecule has 6 nitrogen and oxygen atoms in total. The highest BCUT2D eigenvalue weighted by Crippen LogP contribution is 2.27. The number of non-ortho nitro benzene ring substituents is 1. The number of hydrogen-bond donors (Lipinski definition) is 0. The lowest BCUT2D eigenvalue weighted by molar-refractivity contribution is -0.384. The van der Waals surface area contributed by atoms with Gasteiger partial charge in [-0.1, -0.05) is 0 Å². The molecule has 1 aliphatic heterocycles. The molecular weight excluding hydrogens is 234 g/mol. The first-order valence-electron chi connectivity index (χ1n) is 5.95. The fraction of sp³-hybridized carbons (Fsp3) is 0.417. The van der Waals surface area contributed by atoms with Gasteiger partial charge in [0.05, 0.1) is 22.7 Å². The van der Waals surface area contributed by atoms with Crippen LogP contribution in [0, 0.1) is 10.1 Å². The van der Waals surface area contributed by atoms with Crippen molar-refractivity contribution in [1.29, 1.82) is 0 Å². The Kier molecular flexibility index (Phi) is 2.71. The molecule has 1 saturated heterocycles. The highest BCUT2D eigenvalue weighted by molar-refractivity contribution is 5.81. The maximum Gasteiger partial charge on any atom is 0.270 e. The van der Waals surface area contributed by atoms with Crippen molar-refractivity contribution < 1.29 is 9.66 Å². The first kappa shape index (κ1) is 11.2. The molecule has 0 unspecified atom stereocenters. The average Bonchev–Trinajstić information content (AvgIpc) is 2.82. The van der Waals surface area contributed by atoms with Crippen molar-refractivity contribution in [2.45, 2.75) is 18.9 Å². The van der Waals surface area contributed by atoms with Gasteiger partial charge in [-0.25, -0.2) is 0 Å². The van der Waals surface area contributed by atoms with Crippen LogP contribution in [0.3, 0.4) is 0 Å². The molecule has 0 spiro atoms. The maximum absolute atomic E-state index is 10.7. The summed E-state index contributed by atoms with van der Waals surface area (Å²) in [5.74, 6) is 0. The zero-order valence-corrected chi connectivity index (χ0v) is 9.78. The summed E-state index contributed by atoms with van der Waals surface area (Å²) < 4.78 is 7.29. The van der Waals surface area contributed by atoms with Crippen LogP contribution in [0.1, 0.15) is 18.9 Å². The topological polar surface area (TPSA) is 70.2 Å². The summed E-state index contributed by atoms with van der Waals surface area (Å²) in [5.41, 5.74) is 1.06. The molecule has 2 heterocycles. The number of hydrogen-bond acceptors (Lipinski definition) is 4. The Morgan fingerprint density at radius 2 is 2.17 bits per heavy atom. The van der Waals surface area contributed by atoms with E-state index in [4.69, 9.17) is 4.74 Å². The third kappa shape index (κ3) is 1.84. The minimum Gasteiger partial charge on any atom is -0.381 e. The number of benzene rings is 1. The number of aromatic nitrogens is 2. The van der Waals surface area contributed by atoms with Crippen LogP contribution in [0.15, 0.2) is 24.4 Å². The predicted molar refractivity (Wildman–Crippen MR) is 65.5 cm³/mol. The molecule has 1 aliphatic rings. The highest BCUT2D eigenvalue weighted by atomic mass is 16.6. The second-order valence-electron chi connectivity index (χ2n) is 4.43. The van der Waals surface area contributed by atoms with E-state index in [1.807, 2.05) is 4.68 Å². The highest BCUT2D eigenvalue weighted by Gasteiger charge is 2.19. The SMILES string of the molecule is O=[N+]([O-])c1ccc2c(cnn2C2CCOCC2)c1. The average molecular weight is 247 g/mol. The molecule has 1 aromatic carbocycles. The quantitative estimate of drug-likeness (QED) is 0.603. The molecule has 18 heavy (non-hydrogen) atoms. The van der Waals surface area contributed by atoms with Crippen molar-refractivity contribution in [2.24, 2.45) is 0 Å².